The lowest BCUT2D eigenvalue weighted by Gasteiger charge is -2.15. The van der Waals surface area contributed by atoms with Gasteiger partial charge in [0.1, 0.15) is 10.6 Å². The van der Waals surface area contributed by atoms with Crippen molar-refractivity contribution in [1.29, 1.82) is 0 Å². The van der Waals surface area contributed by atoms with Crippen LogP contribution in [-0.4, -0.2) is 23.1 Å². The second-order valence-corrected chi connectivity index (χ2v) is 10.5. The topological polar surface area (TPSA) is 77.5 Å². The Morgan fingerprint density at radius 3 is 2.20 bits per heavy atom. The highest BCUT2D eigenvalue weighted by molar-refractivity contribution is 9.10. The molecule has 0 saturated heterocycles. The van der Waals surface area contributed by atoms with E-state index < -0.39 is 20.0 Å². The van der Waals surface area contributed by atoms with E-state index in [4.69, 9.17) is 4.18 Å². The first-order valence-electron chi connectivity index (χ1n) is 7.46. The predicted octanol–water partition coefficient (Wildman–Crippen LogP) is 4.05. The standard InChI is InChI=1S/C17H19BrO5S2/c1-11(2)14-7-5-12(3)9-16(14)23-25(21,22)17-10-13(24(4,19)20)6-8-15(17)18/h5-11H,1-4H3. The zero-order chi connectivity index (χ0) is 19.0. The molecule has 0 heterocycles. The van der Waals surface area contributed by atoms with Crippen LogP contribution in [0.2, 0.25) is 0 Å². The molecule has 2 aromatic carbocycles. The van der Waals surface area contributed by atoms with Crippen LogP contribution >= 0.6 is 15.9 Å². The highest BCUT2D eigenvalue weighted by Gasteiger charge is 2.24. The van der Waals surface area contributed by atoms with Crippen LogP contribution in [0.15, 0.2) is 50.7 Å². The van der Waals surface area contributed by atoms with Crippen LogP contribution in [0, 0.1) is 6.92 Å². The molecule has 0 unspecified atom stereocenters. The summed E-state index contributed by atoms with van der Waals surface area (Å²) in [6.45, 7) is 5.71. The molecule has 0 bridgehead atoms. The molecule has 0 N–H and O–H groups in total. The molecule has 136 valence electrons. The average Bonchev–Trinajstić information content (AvgIpc) is 2.45. The van der Waals surface area contributed by atoms with Gasteiger partial charge >= 0.3 is 10.1 Å². The number of aryl methyl sites for hydroxylation is 1. The molecule has 0 fully saturated rings. The number of rotatable bonds is 5. The average molecular weight is 447 g/mol. The zero-order valence-corrected chi connectivity index (χ0v) is 17.5. The maximum Gasteiger partial charge on any atom is 0.340 e. The number of benzene rings is 2. The van der Waals surface area contributed by atoms with Crippen molar-refractivity contribution in [2.24, 2.45) is 0 Å². The van der Waals surface area contributed by atoms with Crippen molar-refractivity contribution < 1.29 is 21.0 Å². The summed E-state index contributed by atoms with van der Waals surface area (Å²) >= 11 is 3.15. The molecule has 0 aliphatic carbocycles. The number of hydrogen-bond acceptors (Lipinski definition) is 5. The quantitative estimate of drug-likeness (QED) is 0.647. The van der Waals surface area contributed by atoms with Crippen molar-refractivity contribution in [3.8, 4) is 5.75 Å². The summed E-state index contributed by atoms with van der Waals surface area (Å²) < 4.78 is 54.5. The third-order valence-electron chi connectivity index (χ3n) is 3.59. The van der Waals surface area contributed by atoms with Gasteiger partial charge in [-0.25, -0.2) is 8.42 Å². The predicted molar refractivity (Wildman–Crippen MR) is 100 cm³/mol. The first-order valence-corrected chi connectivity index (χ1v) is 11.6. The second kappa shape index (κ2) is 7.09. The van der Waals surface area contributed by atoms with Crippen molar-refractivity contribution in [2.45, 2.75) is 36.5 Å². The lowest BCUT2D eigenvalue weighted by atomic mass is 10.0. The molecule has 5 nitrogen and oxygen atoms in total. The summed E-state index contributed by atoms with van der Waals surface area (Å²) in [4.78, 5) is -0.321. The molecule has 2 aromatic rings. The van der Waals surface area contributed by atoms with Crippen LogP contribution in [0.4, 0.5) is 0 Å². The van der Waals surface area contributed by atoms with Crippen molar-refractivity contribution >= 4 is 35.9 Å². The lowest BCUT2D eigenvalue weighted by molar-refractivity contribution is 0.480. The zero-order valence-electron chi connectivity index (χ0n) is 14.3. The van der Waals surface area contributed by atoms with Gasteiger partial charge < -0.3 is 4.18 Å². The van der Waals surface area contributed by atoms with E-state index in [0.717, 1.165) is 23.4 Å². The number of sulfone groups is 1. The fourth-order valence-corrected chi connectivity index (χ4v) is 4.87. The van der Waals surface area contributed by atoms with E-state index in [9.17, 15) is 16.8 Å². The molecule has 0 spiro atoms. The van der Waals surface area contributed by atoms with Gasteiger partial charge in [-0.2, -0.15) is 8.42 Å². The van der Waals surface area contributed by atoms with Crippen molar-refractivity contribution in [1.82, 2.24) is 0 Å². The smallest absolute Gasteiger partial charge is 0.340 e. The minimum atomic E-state index is -4.21. The Bertz CT molecular complexity index is 1010. The van der Waals surface area contributed by atoms with Gasteiger partial charge in [0.15, 0.2) is 9.84 Å². The fraction of sp³-hybridized carbons (Fsp3) is 0.294. The minimum absolute atomic E-state index is 0.0663. The molecule has 0 aliphatic rings. The van der Waals surface area contributed by atoms with Crippen LogP contribution in [-0.2, 0) is 20.0 Å². The summed E-state index contributed by atoms with van der Waals surface area (Å²) in [6.07, 6.45) is 1.02. The van der Waals surface area contributed by atoms with Crippen LogP contribution in [0.1, 0.15) is 30.9 Å². The monoisotopic (exact) mass is 446 g/mol. The first kappa shape index (κ1) is 19.9. The van der Waals surface area contributed by atoms with E-state index in [1.807, 2.05) is 32.9 Å². The third kappa shape index (κ3) is 4.62. The summed E-state index contributed by atoms with van der Waals surface area (Å²) in [5, 5.41) is 0. The van der Waals surface area contributed by atoms with Gasteiger partial charge in [-0.15, -0.1) is 0 Å². The molecule has 8 heteroatoms. The maximum absolute atomic E-state index is 12.7. The van der Waals surface area contributed by atoms with E-state index in [2.05, 4.69) is 15.9 Å². The fourth-order valence-electron chi connectivity index (χ4n) is 2.26. The van der Waals surface area contributed by atoms with Gasteiger partial charge in [0, 0.05) is 10.7 Å². The van der Waals surface area contributed by atoms with Crippen LogP contribution in [0.5, 0.6) is 5.75 Å². The van der Waals surface area contributed by atoms with Crippen molar-refractivity contribution in [3.05, 3.63) is 52.0 Å². The molecular weight excluding hydrogens is 428 g/mol. The van der Waals surface area contributed by atoms with Crippen molar-refractivity contribution in [3.63, 3.8) is 0 Å². The Labute approximate surface area is 157 Å². The molecule has 2 rings (SSSR count). The molecule has 0 atom stereocenters. The number of hydrogen-bond donors (Lipinski definition) is 0. The molecule has 0 aliphatic heterocycles. The van der Waals surface area contributed by atoms with Gasteiger partial charge in [0.2, 0.25) is 0 Å². The van der Waals surface area contributed by atoms with E-state index in [-0.39, 0.29) is 25.9 Å². The van der Waals surface area contributed by atoms with Crippen LogP contribution in [0.3, 0.4) is 0 Å². The molecule has 25 heavy (non-hydrogen) atoms. The maximum atomic E-state index is 12.7. The van der Waals surface area contributed by atoms with Gasteiger partial charge in [-0.1, -0.05) is 26.0 Å². The SMILES string of the molecule is Cc1ccc(C(C)C)c(OS(=O)(=O)c2cc(S(C)(=O)=O)ccc2Br)c1. The largest absolute Gasteiger partial charge is 0.379 e. The highest BCUT2D eigenvalue weighted by atomic mass is 79.9. The Morgan fingerprint density at radius 2 is 1.64 bits per heavy atom. The lowest BCUT2D eigenvalue weighted by Crippen LogP contribution is -2.13. The van der Waals surface area contributed by atoms with Gasteiger partial charge in [-0.05, 0) is 64.2 Å². The van der Waals surface area contributed by atoms with Crippen LogP contribution < -0.4 is 4.18 Å². The second-order valence-electron chi connectivity index (χ2n) is 6.10. The Balaban J connectivity index is 2.57. The summed E-state index contributed by atoms with van der Waals surface area (Å²) in [5.41, 5.74) is 1.61. The Morgan fingerprint density at radius 1 is 1.00 bits per heavy atom. The Hall–Kier alpha value is -1.38. The van der Waals surface area contributed by atoms with E-state index in [1.165, 1.54) is 12.1 Å². The molecular formula is C17H19BrO5S2. The van der Waals surface area contributed by atoms with Gasteiger partial charge in [0.25, 0.3) is 0 Å². The van der Waals surface area contributed by atoms with Crippen LogP contribution in [0.25, 0.3) is 0 Å². The van der Waals surface area contributed by atoms with E-state index >= 15 is 0 Å². The molecule has 0 saturated carbocycles. The summed E-state index contributed by atoms with van der Waals surface area (Å²) in [6, 6.07) is 9.18. The van der Waals surface area contributed by atoms with E-state index in [0.29, 0.717) is 0 Å². The molecule has 0 amide bonds. The summed E-state index contributed by atoms with van der Waals surface area (Å²) in [7, 11) is -7.76. The van der Waals surface area contributed by atoms with Gasteiger partial charge in [-0.3, -0.25) is 0 Å². The highest BCUT2D eigenvalue weighted by Crippen LogP contribution is 2.32. The third-order valence-corrected chi connectivity index (χ3v) is 6.93. The number of halogens is 1. The van der Waals surface area contributed by atoms with E-state index in [1.54, 1.807) is 6.07 Å². The van der Waals surface area contributed by atoms with Gasteiger partial charge in [0.05, 0.1) is 4.90 Å². The minimum Gasteiger partial charge on any atom is -0.379 e. The molecule has 0 radical (unpaired) electrons. The Kier molecular flexibility index (Phi) is 5.65. The normalized spacial score (nSPS) is 12.4. The first-order chi connectivity index (χ1) is 11.4. The van der Waals surface area contributed by atoms with Crippen molar-refractivity contribution in [2.75, 3.05) is 6.26 Å². The molecule has 0 aromatic heterocycles. The summed E-state index contributed by atoms with van der Waals surface area (Å²) in [5.74, 6) is 0.309.